The number of hydrogen-bond donors (Lipinski definition) is 0. The number of benzene rings is 7. The lowest BCUT2D eigenvalue weighted by Crippen LogP contribution is -2.12. The molecule has 0 spiro atoms. The fourth-order valence-corrected chi connectivity index (χ4v) is 7.97. The van der Waals surface area contributed by atoms with E-state index < -0.39 is 0 Å². The fourth-order valence-electron chi connectivity index (χ4n) is 7.97. The van der Waals surface area contributed by atoms with Crippen molar-refractivity contribution in [2.24, 2.45) is 0 Å². The maximum absolute atomic E-state index is 7.18. The van der Waals surface area contributed by atoms with Gasteiger partial charge in [0.2, 0.25) is 0 Å². The maximum Gasteiger partial charge on any atom is 0.136 e. The number of ether oxygens (including phenoxy) is 2. The molecule has 3 heteroatoms. The predicted molar refractivity (Wildman–Crippen MR) is 209 cm³/mol. The summed E-state index contributed by atoms with van der Waals surface area (Å²) in [5, 5.41) is 2.50. The van der Waals surface area contributed by atoms with Gasteiger partial charge in [-0.25, -0.2) is 0 Å². The van der Waals surface area contributed by atoms with Crippen LogP contribution in [0.3, 0.4) is 0 Å². The molecular formula is C48H33NO2. The maximum atomic E-state index is 7.18. The lowest BCUT2D eigenvalue weighted by Gasteiger charge is -2.28. The molecule has 0 N–H and O–H groups in total. The third-order valence-corrected chi connectivity index (χ3v) is 10.2. The smallest absolute Gasteiger partial charge is 0.136 e. The van der Waals surface area contributed by atoms with Crippen molar-refractivity contribution < 1.29 is 9.47 Å². The molecule has 0 saturated carbocycles. The van der Waals surface area contributed by atoms with Crippen molar-refractivity contribution in [1.29, 1.82) is 0 Å². The first-order valence-corrected chi connectivity index (χ1v) is 17.5. The Morgan fingerprint density at radius 2 is 1.10 bits per heavy atom. The molecule has 0 bridgehead atoms. The normalized spacial score (nSPS) is 14.9. The van der Waals surface area contributed by atoms with Crippen molar-refractivity contribution in [1.82, 2.24) is 4.57 Å². The Morgan fingerprint density at radius 3 is 1.90 bits per heavy atom. The number of para-hydroxylation sites is 5. The van der Waals surface area contributed by atoms with Gasteiger partial charge in [0.05, 0.1) is 11.0 Å². The minimum absolute atomic E-state index is 0.0647. The second-order valence-corrected chi connectivity index (χ2v) is 13.2. The minimum atomic E-state index is 0.0647. The Labute approximate surface area is 297 Å². The van der Waals surface area contributed by atoms with Crippen LogP contribution in [0.2, 0.25) is 0 Å². The summed E-state index contributed by atoms with van der Waals surface area (Å²) in [4.78, 5) is 0. The fraction of sp³-hybridized carbons (Fsp3) is 0.0417. The summed E-state index contributed by atoms with van der Waals surface area (Å²) in [7, 11) is 0. The number of rotatable bonds is 3. The molecule has 10 rings (SSSR count). The van der Waals surface area contributed by atoms with Gasteiger partial charge >= 0.3 is 0 Å². The Bertz CT molecular complexity index is 2660. The number of allylic oxidation sites excluding steroid dienone is 4. The molecule has 1 unspecified atom stereocenters. The van der Waals surface area contributed by atoms with Crippen LogP contribution < -0.4 is 9.47 Å². The Kier molecular flexibility index (Phi) is 6.95. The molecule has 51 heavy (non-hydrogen) atoms. The molecule has 1 aliphatic heterocycles. The highest BCUT2D eigenvalue weighted by atomic mass is 16.5. The van der Waals surface area contributed by atoms with Gasteiger partial charge in [-0.2, -0.15) is 0 Å². The monoisotopic (exact) mass is 655 g/mol. The summed E-state index contributed by atoms with van der Waals surface area (Å²) in [5.41, 5.74) is 11.1. The Hall–Kier alpha value is -6.58. The van der Waals surface area contributed by atoms with Crippen LogP contribution in [-0.2, 0) is 0 Å². The van der Waals surface area contributed by atoms with E-state index in [-0.39, 0.29) is 5.92 Å². The SMILES string of the molecule is C1=CC(c2cccc3c4ccccc4n(-c4ccccc4)c23)CC2=C1c1c(cccc1-c1ccccc1)Oc1ccccc1-c1ccccc1O2. The van der Waals surface area contributed by atoms with Gasteiger partial charge in [0.15, 0.2) is 0 Å². The Balaban J connectivity index is 1.21. The van der Waals surface area contributed by atoms with E-state index in [2.05, 4.69) is 168 Å². The quantitative estimate of drug-likeness (QED) is 0.189. The molecule has 1 atom stereocenters. The molecule has 7 aromatic carbocycles. The highest BCUT2D eigenvalue weighted by molar-refractivity contribution is 6.10. The van der Waals surface area contributed by atoms with Crippen LogP contribution in [-0.4, -0.2) is 4.57 Å². The highest BCUT2D eigenvalue weighted by Crippen LogP contribution is 2.49. The average Bonchev–Trinajstić information content (AvgIpc) is 3.54. The Morgan fingerprint density at radius 1 is 0.490 bits per heavy atom. The van der Waals surface area contributed by atoms with Crippen LogP contribution in [0, 0.1) is 0 Å². The highest BCUT2D eigenvalue weighted by Gasteiger charge is 2.29. The van der Waals surface area contributed by atoms with Gasteiger partial charge in [-0.15, -0.1) is 0 Å². The first-order valence-electron chi connectivity index (χ1n) is 17.5. The topological polar surface area (TPSA) is 23.4 Å². The van der Waals surface area contributed by atoms with Gasteiger partial charge in [-0.3, -0.25) is 0 Å². The van der Waals surface area contributed by atoms with Gasteiger partial charge in [-0.1, -0.05) is 146 Å². The largest absolute Gasteiger partial charge is 0.460 e. The number of aromatic nitrogens is 1. The molecule has 242 valence electrons. The minimum Gasteiger partial charge on any atom is -0.460 e. The second kappa shape index (κ2) is 12.1. The summed E-state index contributed by atoms with van der Waals surface area (Å²) < 4.78 is 16.5. The van der Waals surface area contributed by atoms with E-state index in [4.69, 9.17) is 9.47 Å². The summed E-state index contributed by atoms with van der Waals surface area (Å²) >= 11 is 0. The van der Waals surface area contributed by atoms with Gasteiger partial charge in [-0.05, 0) is 53.1 Å². The molecule has 3 nitrogen and oxygen atoms in total. The first-order chi connectivity index (χ1) is 25.3. The second-order valence-electron chi connectivity index (χ2n) is 13.2. The van der Waals surface area contributed by atoms with Crippen LogP contribution >= 0.6 is 0 Å². The number of nitrogens with zero attached hydrogens (tertiary/aromatic N) is 1. The molecule has 1 aromatic heterocycles. The van der Waals surface area contributed by atoms with Crippen LogP contribution in [0.5, 0.6) is 17.2 Å². The molecule has 0 amide bonds. The van der Waals surface area contributed by atoms with Crippen LogP contribution in [0.25, 0.3) is 55.3 Å². The lowest BCUT2D eigenvalue weighted by molar-refractivity contribution is 0.398. The zero-order chi connectivity index (χ0) is 33.7. The third-order valence-electron chi connectivity index (χ3n) is 10.2. The molecule has 0 saturated heterocycles. The van der Waals surface area contributed by atoms with Crippen molar-refractivity contribution >= 4 is 27.4 Å². The molecule has 2 aliphatic rings. The third kappa shape index (κ3) is 4.89. The molecule has 0 radical (unpaired) electrons. The summed E-state index contributed by atoms with van der Waals surface area (Å²) in [6.07, 6.45) is 5.31. The van der Waals surface area contributed by atoms with Crippen molar-refractivity contribution in [3.8, 4) is 45.2 Å². The van der Waals surface area contributed by atoms with E-state index >= 15 is 0 Å². The molecule has 0 fully saturated rings. The predicted octanol–water partition coefficient (Wildman–Crippen LogP) is 12.8. The van der Waals surface area contributed by atoms with Crippen molar-refractivity contribution in [3.05, 3.63) is 199 Å². The van der Waals surface area contributed by atoms with Crippen LogP contribution in [0.4, 0.5) is 0 Å². The van der Waals surface area contributed by atoms with Crippen molar-refractivity contribution in [2.45, 2.75) is 12.3 Å². The van der Waals surface area contributed by atoms with E-state index in [1.54, 1.807) is 0 Å². The van der Waals surface area contributed by atoms with Gasteiger partial charge in [0.25, 0.3) is 0 Å². The van der Waals surface area contributed by atoms with E-state index in [9.17, 15) is 0 Å². The zero-order valence-electron chi connectivity index (χ0n) is 27.9. The summed E-state index contributed by atoms with van der Waals surface area (Å²) in [6, 6.07) is 59.6. The van der Waals surface area contributed by atoms with E-state index in [1.165, 1.54) is 27.4 Å². The van der Waals surface area contributed by atoms with Crippen molar-refractivity contribution in [2.75, 3.05) is 0 Å². The van der Waals surface area contributed by atoms with E-state index in [0.29, 0.717) is 6.42 Å². The van der Waals surface area contributed by atoms with E-state index in [0.717, 1.165) is 62.1 Å². The van der Waals surface area contributed by atoms with Gasteiger partial charge < -0.3 is 14.0 Å². The standard InChI is InChI=1S/C48H33NO2/c1-3-15-32(16-4-1)35-22-14-28-45-47(35)41-30-29-33(31-46(41)51-44-27-12-9-21-39(44)38-20-8-11-26-43(38)50-45)36-23-13-24-40-37-19-7-10-25-42(37)49(48(36)40)34-17-5-2-6-18-34/h1-30,33H,31H2. The lowest BCUT2D eigenvalue weighted by atomic mass is 9.83. The summed E-state index contributed by atoms with van der Waals surface area (Å²) in [6.45, 7) is 0. The van der Waals surface area contributed by atoms with Crippen LogP contribution in [0.15, 0.2) is 188 Å². The molecule has 8 aromatic rings. The number of fused-ring (bicyclic) bond motifs is 8. The number of hydrogen-bond acceptors (Lipinski definition) is 2. The van der Waals surface area contributed by atoms with Crippen molar-refractivity contribution in [3.63, 3.8) is 0 Å². The van der Waals surface area contributed by atoms with Gasteiger partial charge in [0.1, 0.15) is 23.0 Å². The first kappa shape index (κ1) is 29.3. The van der Waals surface area contributed by atoms with Gasteiger partial charge in [0, 0.05) is 51.1 Å². The molecule has 2 heterocycles. The molecular weight excluding hydrogens is 623 g/mol. The summed E-state index contributed by atoms with van der Waals surface area (Å²) in [5.74, 6) is 3.39. The van der Waals surface area contributed by atoms with Crippen LogP contribution in [0.1, 0.15) is 23.5 Å². The van der Waals surface area contributed by atoms with E-state index in [1.807, 2.05) is 18.2 Å². The zero-order valence-corrected chi connectivity index (χ0v) is 27.9. The average molecular weight is 656 g/mol. The molecule has 1 aliphatic carbocycles.